The van der Waals surface area contributed by atoms with Crippen LogP contribution in [0.1, 0.15) is 37.8 Å². The smallest absolute Gasteiger partial charge is 0.338 e. The molecule has 0 unspecified atom stereocenters. The van der Waals surface area contributed by atoms with Crippen molar-refractivity contribution in [1.82, 2.24) is 10.2 Å². The Morgan fingerprint density at radius 1 is 1.32 bits per heavy atom. The Balaban J connectivity index is 1.66. The Morgan fingerprint density at radius 2 is 2.03 bits per heavy atom. The number of fused-ring (bicyclic) bond motifs is 1. The van der Waals surface area contributed by atoms with E-state index in [1.807, 2.05) is 10.3 Å². The third-order valence-corrected chi connectivity index (χ3v) is 6.34. The number of methoxy groups -OCH3 is 1. The van der Waals surface area contributed by atoms with Gasteiger partial charge in [0.2, 0.25) is 5.91 Å². The lowest BCUT2D eigenvalue weighted by Gasteiger charge is -2.36. The van der Waals surface area contributed by atoms with E-state index in [1.165, 1.54) is 31.0 Å². The summed E-state index contributed by atoms with van der Waals surface area (Å²) < 4.78 is 5.00. The number of esters is 1. The number of ether oxygens (including phenoxy) is 1. The van der Waals surface area contributed by atoms with Crippen molar-refractivity contribution in [2.75, 3.05) is 13.7 Å². The largest absolute Gasteiger partial charge is 0.466 e. The van der Waals surface area contributed by atoms with Crippen LogP contribution in [0.25, 0.3) is 0 Å². The normalized spacial score (nSPS) is 20.1. The van der Waals surface area contributed by atoms with Crippen LogP contribution in [0, 0.1) is 16.0 Å². The van der Waals surface area contributed by atoms with Crippen LogP contribution >= 0.6 is 11.8 Å². The van der Waals surface area contributed by atoms with Gasteiger partial charge in [0.15, 0.2) is 5.17 Å². The molecule has 3 aliphatic rings. The number of allylic oxidation sites excluding steroid dienone is 1. The standard InChI is InChI=1S/C21H22N4O5S/c1-12-18(20(27)30-2)19(14-5-7-15(8-6-14)25(28)29)24-16(11-31-21(24)23-12)9-17(26)22-10-13-3-4-13/h5-8,11,13,19H,3-4,9-10H2,1-2H3,(H,22,26)/t19-/m1/s1. The molecule has 1 aliphatic carbocycles. The van der Waals surface area contributed by atoms with Crippen molar-refractivity contribution < 1.29 is 19.2 Å². The number of aliphatic imine (C=N–C) groups is 1. The Morgan fingerprint density at radius 3 is 2.65 bits per heavy atom. The number of amides is 1. The number of benzene rings is 1. The highest BCUT2D eigenvalue weighted by atomic mass is 32.2. The van der Waals surface area contributed by atoms with Gasteiger partial charge in [-0.05, 0) is 48.8 Å². The van der Waals surface area contributed by atoms with E-state index in [0.29, 0.717) is 40.2 Å². The second kappa shape index (κ2) is 8.54. The highest BCUT2D eigenvalue weighted by Gasteiger charge is 2.41. The first-order valence-corrected chi connectivity index (χ1v) is 10.8. The summed E-state index contributed by atoms with van der Waals surface area (Å²) >= 11 is 1.38. The number of thioether (sulfide) groups is 1. The summed E-state index contributed by atoms with van der Waals surface area (Å²) in [7, 11) is 1.30. The number of rotatable bonds is 7. The monoisotopic (exact) mass is 442 g/mol. The molecule has 0 spiro atoms. The first-order valence-electron chi connectivity index (χ1n) is 9.92. The Hall–Kier alpha value is -3.14. The second-order valence-electron chi connectivity index (χ2n) is 7.66. The van der Waals surface area contributed by atoms with Gasteiger partial charge in [0, 0.05) is 24.4 Å². The number of carbonyl (C=O) groups excluding carboxylic acids is 2. The average Bonchev–Trinajstić information content (AvgIpc) is 3.51. The molecule has 1 fully saturated rings. The maximum Gasteiger partial charge on any atom is 0.338 e. The van der Waals surface area contributed by atoms with Crippen molar-refractivity contribution in [3.63, 3.8) is 0 Å². The maximum atomic E-state index is 12.6. The summed E-state index contributed by atoms with van der Waals surface area (Å²) in [6.07, 6.45) is 2.45. The first-order chi connectivity index (χ1) is 14.9. The van der Waals surface area contributed by atoms with E-state index in [0.717, 1.165) is 12.8 Å². The lowest BCUT2D eigenvalue weighted by Crippen LogP contribution is -2.38. The molecule has 1 atom stereocenters. The summed E-state index contributed by atoms with van der Waals surface area (Å²) in [6, 6.07) is 5.45. The summed E-state index contributed by atoms with van der Waals surface area (Å²) in [5.41, 5.74) is 2.20. The predicted molar refractivity (Wildman–Crippen MR) is 116 cm³/mol. The van der Waals surface area contributed by atoms with Gasteiger partial charge in [-0.15, -0.1) is 0 Å². The molecule has 10 heteroatoms. The average molecular weight is 442 g/mol. The van der Waals surface area contributed by atoms with Gasteiger partial charge < -0.3 is 15.0 Å². The number of nitro groups is 1. The highest BCUT2D eigenvalue weighted by molar-refractivity contribution is 8.16. The maximum absolute atomic E-state index is 12.6. The van der Waals surface area contributed by atoms with Gasteiger partial charge in [-0.1, -0.05) is 11.8 Å². The summed E-state index contributed by atoms with van der Waals surface area (Å²) in [4.78, 5) is 42.1. The quantitative estimate of drug-likeness (QED) is 0.392. The molecule has 1 aromatic carbocycles. The lowest BCUT2D eigenvalue weighted by molar-refractivity contribution is -0.384. The molecular formula is C21H22N4O5S. The Bertz CT molecular complexity index is 1030. The van der Waals surface area contributed by atoms with Crippen molar-refractivity contribution in [3.8, 4) is 0 Å². The second-order valence-corrected chi connectivity index (χ2v) is 8.49. The Kier molecular flexibility index (Phi) is 5.81. The zero-order valence-electron chi connectivity index (χ0n) is 17.2. The molecule has 0 radical (unpaired) electrons. The van der Waals surface area contributed by atoms with E-state index in [4.69, 9.17) is 4.74 Å². The fraction of sp³-hybridized carbons (Fsp3) is 0.381. The molecule has 1 amide bonds. The zero-order valence-corrected chi connectivity index (χ0v) is 18.0. The van der Waals surface area contributed by atoms with Gasteiger partial charge in [-0.2, -0.15) is 0 Å². The van der Waals surface area contributed by atoms with Gasteiger partial charge >= 0.3 is 5.97 Å². The molecule has 0 aromatic heterocycles. The van der Waals surface area contributed by atoms with Gasteiger partial charge in [0.25, 0.3) is 5.69 Å². The first kappa shape index (κ1) is 21.1. The van der Waals surface area contributed by atoms with Crippen molar-refractivity contribution in [2.45, 2.75) is 32.2 Å². The SMILES string of the molecule is COC(=O)C1=C(C)N=C2SC=C(CC(=O)NCC3CC3)N2[C@@H]1c1ccc([N+](=O)[O-])cc1. The van der Waals surface area contributed by atoms with Crippen molar-refractivity contribution in [3.05, 3.63) is 62.3 Å². The van der Waals surface area contributed by atoms with E-state index in [2.05, 4.69) is 10.3 Å². The molecule has 9 nitrogen and oxygen atoms in total. The minimum Gasteiger partial charge on any atom is -0.466 e. The predicted octanol–water partition coefficient (Wildman–Crippen LogP) is 3.26. The number of nitro benzene ring substituents is 1. The molecule has 4 rings (SSSR count). The van der Waals surface area contributed by atoms with Crippen molar-refractivity contribution in [2.24, 2.45) is 10.9 Å². The van der Waals surface area contributed by atoms with Gasteiger partial charge in [0.1, 0.15) is 0 Å². The van der Waals surface area contributed by atoms with E-state index < -0.39 is 16.9 Å². The highest BCUT2D eigenvalue weighted by Crippen LogP contribution is 2.45. The Labute approximate surface area is 183 Å². The molecular weight excluding hydrogens is 420 g/mol. The number of nitrogens with zero attached hydrogens (tertiary/aromatic N) is 3. The molecule has 0 bridgehead atoms. The lowest BCUT2D eigenvalue weighted by atomic mass is 9.93. The molecule has 31 heavy (non-hydrogen) atoms. The summed E-state index contributed by atoms with van der Waals surface area (Å²) in [5, 5.41) is 16.5. The van der Waals surface area contributed by atoms with E-state index >= 15 is 0 Å². The van der Waals surface area contributed by atoms with Crippen LogP contribution in [0.3, 0.4) is 0 Å². The topological polar surface area (TPSA) is 114 Å². The van der Waals surface area contributed by atoms with Crippen molar-refractivity contribution in [1.29, 1.82) is 0 Å². The number of amidine groups is 1. The minimum atomic E-state index is -0.599. The molecule has 162 valence electrons. The van der Waals surface area contributed by atoms with Crippen LogP contribution < -0.4 is 5.32 Å². The molecule has 0 saturated heterocycles. The van der Waals surface area contributed by atoms with Crippen LogP contribution in [0.5, 0.6) is 0 Å². The number of hydrogen-bond acceptors (Lipinski definition) is 8. The number of hydrogen-bond donors (Lipinski definition) is 1. The zero-order chi connectivity index (χ0) is 22.1. The van der Waals surface area contributed by atoms with Gasteiger partial charge in [-0.25, -0.2) is 9.79 Å². The third kappa shape index (κ3) is 4.34. The van der Waals surface area contributed by atoms with Crippen LogP contribution in [0.15, 0.2) is 51.6 Å². The molecule has 2 heterocycles. The number of non-ortho nitro benzene ring substituents is 1. The summed E-state index contributed by atoms with van der Waals surface area (Å²) in [5.74, 6) is -0.0428. The van der Waals surface area contributed by atoms with Crippen LogP contribution in [0.2, 0.25) is 0 Å². The number of nitrogens with one attached hydrogen (secondary N) is 1. The van der Waals surface area contributed by atoms with Crippen LogP contribution in [-0.2, 0) is 14.3 Å². The minimum absolute atomic E-state index is 0.0419. The van der Waals surface area contributed by atoms with Gasteiger partial charge in [0.05, 0.1) is 35.8 Å². The molecule has 1 saturated carbocycles. The fourth-order valence-corrected chi connectivity index (χ4v) is 4.61. The summed E-state index contributed by atoms with van der Waals surface area (Å²) in [6.45, 7) is 2.41. The van der Waals surface area contributed by atoms with E-state index in [9.17, 15) is 19.7 Å². The number of carbonyl (C=O) groups is 2. The van der Waals surface area contributed by atoms with Crippen LogP contribution in [-0.4, -0.2) is 40.5 Å². The van der Waals surface area contributed by atoms with Crippen molar-refractivity contribution >= 4 is 34.5 Å². The van der Waals surface area contributed by atoms with E-state index in [1.54, 1.807) is 19.1 Å². The third-order valence-electron chi connectivity index (χ3n) is 5.45. The van der Waals surface area contributed by atoms with Gasteiger partial charge in [-0.3, -0.25) is 14.9 Å². The fourth-order valence-electron chi connectivity index (χ4n) is 3.64. The van der Waals surface area contributed by atoms with Crippen LogP contribution in [0.4, 0.5) is 5.69 Å². The van der Waals surface area contributed by atoms with E-state index in [-0.39, 0.29) is 18.0 Å². The molecule has 1 N–H and O–H groups in total. The molecule has 1 aromatic rings. The molecule has 2 aliphatic heterocycles.